The van der Waals surface area contributed by atoms with Crippen molar-refractivity contribution in [1.29, 1.82) is 0 Å². The molecule has 0 bridgehead atoms. The summed E-state index contributed by atoms with van der Waals surface area (Å²) in [6.07, 6.45) is 2.35. The second-order valence-corrected chi connectivity index (χ2v) is 8.50. The van der Waals surface area contributed by atoms with E-state index < -0.39 is 0 Å². The molecule has 0 aliphatic heterocycles. The quantitative estimate of drug-likeness (QED) is 0.422. The molecule has 4 rings (SSSR count). The van der Waals surface area contributed by atoms with E-state index in [0.29, 0.717) is 21.5 Å². The van der Waals surface area contributed by atoms with Crippen molar-refractivity contribution in [3.63, 3.8) is 0 Å². The van der Waals surface area contributed by atoms with Crippen LogP contribution in [-0.4, -0.2) is 19.9 Å². The summed E-state index contributed by atoms with van der Waals surface area (Å²) >= 11 is 7.74. The molecule has 7 heteroatoms. The summed E-state index contributed by atoms with van der Waals surface area (Å²) in [4.78, 5) is 31.3. The van der Waals surface area contributed by atoms with Crippen LogP contribution in [0.3, 0.4) is 0 Å². The molecule has 1 aromatic carbocycles. The van der Waals surface area contributed by atoms with Gasteiger partial charge in [-0.3, -0.25) is 14.2 Å². The van der Waals surface area contributed by atoms with Crippen LogP contribution < -0.4 is 5.56 Å². The van der Waals surface area contributed by atoms with Gasteiger partial charge in [0.15, 0.2) is 5.78 Å². The second-order valence-electron chi connectivity index (χ2n) is 7.03. The Hall–Kier alpha value is -2.70. The number of hydrogen-bond donors (Lipinski definition) is 0. The summed E-state index contributed by atoms with van der Waals surface area (Å²) in [7, 11) is 0. The third-order valence-electron chi connectivity index (χ3n) is 5.14. The van der Waals surface area contributed by atoms with Gasteiger partial charge < -0.3 is 4.57 Å². The molecule has 3 aromatic heterocycles. The summed E-state index contributed by atoms with van der Waals surface area (Å²) in [6.45, 7) is 4.73. The van der Waals surface area contributed by atoms with Crippen molar-refractivity contribution < 1.29 is 4.79 Å². The molecule has 5 nitrogen and oxygen atoms in total. The molecule has 0 atom stereocenters. The fraction of sp³-hybridized carbons (Fsp3) is 0.227. The average Bonchev–Trinajstić information content (AvgIpc) is 3.31. The van der Waals surface area contributed by atoms with Crippen LogP contribution >= 0.6 is 22.9 Å². The van der Waals surface area contributed by atoms with E-state index in [-0.39, 0.29) is 17.9 Å². The Labute approximate surface area is 177 Å². The van der Waals surface area contributed by atoms with Crippen LogP contribution in [0.25, 0.3) is 10.9 Å². The van der Waals surface area contributed by atoms with E-state index in [9.17, 15) is 9.59 Å². The molecule has 4 aromatic rings. The zero-order valence-electron chi connectivity index (χ0n) is 16.2. The van der Waals surface area contributed by atoms with Gasteiger partial charge in [-0.1, -0.05) is 17.7 Å². The van der Waals surface area contributed by atoms with Crippen molar-refractivity contribution in [3.05, 3.63) is 85.3 Å². The Morgan fingerprint density at radius 2 is 2.03 bits per heavy atom. The molecule has 148 valence electrons. The number of rotatable bonds is 6. The van der Waals surface area contributed by atoms with Crippen molar-refractivity contribution in [2.24, 2.45) is 0 Å². The molecule has 0 spiro atoms. The SMILES string of the molecule is Cc1cc(C(=O)Cn2cnc3ccc(Cl)cc3c2=O)c(C)n1CCc1cccs1. The first kappa shape index (κ1) is 19.6. The molecule has 0 aliphatic carbocycles. The zero-order chi connectivity index (χ0) is 20.5. The Bertz CT molecular complexity index is 1260. The largest absolute Gasteiger partial charge is 0.348 e. The van der Waals surface area contributed by atoms with E-state index in [2.05, 4.69) is 21.0 Å². The smallest absolute Gasteiger partial charge is 0.261 e. The minimum absolute atomic E-state index is 0.0521. The minimum atomic E-state index is -0.266. The van der Waals surface area contributed by atoms with Gasteiger partial charge in [-0.05, 0) is 56.0 Å². The van der Waals surface area contributed by atoms with Gasteiger partial charge in [0.2, 0.25) is 0 Å². The molecule has 0 radical (unpaired) electrons. The Morgan fingerprint density at radius 3 is 2.79 bits per heavy atom. The summed E-state index contributed by atoms with van der Waals surface area (Å²) in [6, 6.07) is 11.1. The number of ketones is 1. The molecule has 0 unspecified atom stereocenters. The van der Waals surface area contributed by atoms with Gasteiger partial charge in [0.05, 0.1) is 23.8 Å². The molecular formula is C22H20ClN3O2S. The molecule has 0 N–H and O–H groups in total. The fourth-order valence-corrected chi connectivity index (χ4v) is 4.46. The van der Waals surface area contributed by atoms with Crippen molar-refractivity contribution in [2.75, 3.05) is 0 Å². The summed E-state index contributed by atoms with van der Waals surface area (Å²) in [5.74, 6) is -0.106. The molecule has 29 heavy (non-hydrogen) atoms. The maximum absolute atomic E-state index is 13.0. The Kier molecular flexibility index (Phi) is 5.39. The predicted molar refractivity (Wildman–Crippen MR) is 117 cm³/mol. The molecule has 0 aliphatic rings. The van der Waals surface area contributed by atoms with Crippen molar-refractivity contribution in [2.45, 2.75) is 33.4 Å². The predicted octanol–water partition coefficient (Wildman–Crippen LogP) is 4.66. The van der Waals surface area contributed by atoms with Gasteiger partial charge in [-0.2, -0.15) is 0 Å². The molecule has 3 heterocycles. The van der Waals surface area contributed by atoms with Crippen LogP contribution in [0.1, 0.15) is 26.6 Å². The minimum Gasteiger partial charge on any atom is -0.348 e. The summed E-state index contributed by atoms with van der Waals surface area (Å²) in [5, 5.41) is 2.95. The first-order chi connectivity index (χ1) is 13.9. The van der Waals surface area contributed by atoms with Crippen LogP contribution in [0.15, 0.2) is 52.9 Å². The first-order valence-electron chi connectivity index (χ1n) is 9.31. The number of benzene rings is 1. The van der Waals surface area contributed by atoms with Crippen molar-refractivity contribution in [3.8, 4) is 0 Å². The van der Waals surface area contributed by atoms with E-state index in [0.717, 1.165) is 24.4 Å². The average molecular weight is 426 g/mol. The highest BCUT2D eigenvalue weighted by Gasteiger charge is 2.17. The summed E-state index contributed by atoms with van der Waals surface area (Å²) in [5.41, 5.74) is 2.91. The normalized spacial score (nSPS) is 11.3. The summed E-state index contributed by atoms with van der Waals surface area (Å²) < 4.78 is 3.51. The monoisotopic (exact) mass is 425 g/mol. The molecule has 0 saturated heterocycles. The van der Waals surface area contributed by atoms with Crippen LogP contribution in [0.5, 0.6) is 0 Å². The lowest BCUT2D eigenvalue weighted by molar-refractivity contribution is 0.0970. The van der Waals surface area contributed by atoms with E-state index in [1.54, 1.807) is 29.5 Å². The van der Waals surface area contributed by atoms with Gasteiger partial charge in [-0.15, -0.1) is 11.3 Å². The van der Waals surface area contributed by atoms with E-state index in [4.69, 9.17) is 11.6 Å². The highest BCUT2D eigenvalue weighted by Crippen LogP contribution is 2.19. The molecular weight excluding hydrogens is 406 g/mol. The number of Topliss-reactive ketones (excluding diaryl/α,β-unsaturated/α-hetero) is 1. The standard InChI is InChI=1S/C22H20ClN3O2S/c1-14-10-18(15(2)26(14)8-7-17-4-3-9-29-17)21(27)12-25-13-24-20-6-5-16(23)11-19(20)22(25)28/h3-6,9-11,13H,7-8,12H2,1-2H3. The first-order valence-corrected chi connectivity index (χ1v) is 10.6. The lowest BCUT2D eigenvalue weighted by atomic mass is 10.1. The van der Waals surface area contributed by atoms with E-state index >= 15 is 0 Å². The molecule has 0 fully saturated rings. The Balaban J connectivity index is 1.59. The highest BCUT2D eigenvalue weighted by atomic mass is 35.5. The third kappa shape index (κ3) is 3.91. The number of aromatic nitrogens is 3. The van der Waals surface area contributed by atoms with Gasteiger partial charge >= 0.3 is 0 Å². The third-order valence-corrected chi connectivity index (χ3v) is 6.31. The Morgan fingerprint density at radius 1 is 1.21 bits per heavy atom. The van der Waals surface area contributed by atoms with Crippen molar-refractivity contribution >= 4 is 39.6 Å². The second kappa shape index (κ2) is 7.97. The van der Waals surface area contributed by atoms with Gasteiger partial charge in [0.25, 0.3) is 5.56 Å². The number of halogens is 1. The van der Waals surface area contributed by atoms with Crippen LogP contribution in [0, 0.1) is 13.8 Å². The fourth-order valence-electron chi connectivity index (χ4n) is 3.59. The number of fused-ring (bicyclic) bond motifs is 1. The van der Waals surface area contributed by atoms with Gasteiger partial charge in [0.1, 0.15) is 0 Å². The molecule has 0 saturated carbocycles. The zero-order valence-corrected chi connectivity index (χ0v) is 17.8. The van der Waals surface area contributed by atoms with Crippen LogP contribution in [0.4, 0.5) is 0 Å². The highest BCUT2D eigenvalue weighted by molar-refractivity contribution is 7.09. The number of carbonyl (C=O) groups is 1. The number of hydrogen-bond acceptors (Lipinski definition) is 4. The van der Waals surface area contributed by atoms with E-state index in [1.807, 2.05) is 26.0 Å². The van der Waals surface area contributed by atoms with E-state index in [1.165, 1.54) is 15.8 Å². The van der Waals surface area contributed by atoms with Crippen LogP contribution in [0.2, 0.25) is 5.02 Å². The lowest BCUT2D eigenvalue weighted by Gasteiger charge is -2.09. The molecule has 0 amide bonds. The maximum Gasteiger partial charge on any atom is 0.261 e. The number of thiophene rings is 1. The van der Waals surface area contributed by atoms with Gasteiger partial charge in [-0.25, -0.2) is 4.98 Å². The topological polar surface area (TPSA) is 56.9 Å². The van der Waals surface area contributed by atoms with Gasteiger partial charge in [0, 0.05) is 33.4 Å². The number of aryl methyl sites for hydroxylation is 2. The maximum atomic E-state index is 13.0. The number of carbonyl (C=O) groups excluding carboxylic acids is 1. The van der Waals surface area contributed by atoms with Crippen LogP contribution in [-0.2, 0) is 19.5 Å². The lowest BCUT2D eigenvalue weighted by Crippen LogP contribution is -2.25. The van der Waals surface area contributed by atoms with Crippen molar-refractivity contribution in [1.82, 2.24) is 14.1 Å². The number of nitrogens with zero attached hydrogens (tertiary/aromatic N) is 3.